The number of aryl methyl sites for hydroxylation is 2. The zero-order valence-corrected chi connectivity index (χ0v) is 32.8. The van der Waals surface area contributed by atoms with Crippen LogP contribution in [0.15, 0.2) is 126 Å². The van der Waals surface area contributed by atoms with Crippen molar-refractivity contribution in [2.75, 3.05) is 7.11 Å². The largest absolute Gasteiger partial charge is 0.469 e. The molecule has 56 heavy (non-hydrogen) atoms. The van der Waals surface area contributed by atoms with Crippen molar-refractivity contribution in [3.05, 3.63) is 151 Å². The number of thioether (sulfide) groups is 1. The summed E-state index contributed by atoms with van der Waals surface area (Å²) in [4.78, 5) is 46.0. The number of hydrogen-bond acceptors (Lipinski definition) is 10. The number of thiol groups is 1. The number of rotatable bonds is 12. The zero-order chi connectivity index (χ0) is 39.0. The van der Waals surface area contributed by atoms with Gasteiger partial charge in [-0.15, -0.1) is 12.6 Å². The van der Waals surface area contributed by atoms with Gasteiger partial charge in [-0.05, 0) is 93.0 Å². The Kier molecular flexibility index (Phi) is 20.2. The van der Waals surface area contributed by atoms with E-state index >= 15 is 0 Å². The Morgan fingerprint density at radius 3 is 1.66 bits per heavy atom. The van der Waals surface area contributed by atoms with Crippen LogP contribution >= 0.6 is 24.4 Å². The molecule has 0 atom stereocenters. The molecule has 6 aromatic rings. The maximum Gasteiger partial charge on any atom is 0.305 e. The van der Waals surface area contributed by atoms with E-state index in [4.69, 9.17) is 13.9 Å². The van der Waals surface area contributed by atoms with Gasteiger partial charge in [-0.2, -0.15) is 0 Å². The summed E-state index contributed by atoms with van der Waals surface area (Å²) in [6.45, 7) is 5.23. The van der Waals surface area contributed by atoms with Gasteiger partial charge in [0.15, 0.2) is 21.0 Å². The molecule has 0 aliphatic rings. The number of ether oxygens (including phenoxy) is 1. The molecule has 0 bridgehead atoms. The van der Waals surface area contributed by atoms with Gasteiger partial charge in [0, 0.05) is 29.7 Å². The van der Waals surface area contributed by atoms with Gasteiger partial charge in [0.2, 0.25) is 0 Å². The summed E-state index contributed by atoms with van der Waals surface area (Å²) in [7, 11) is 1.40. The summed E-state index contributed by atoms with van der Waals surface area (Å²) in [6, 6.07) is 30.7. The van der Waals surface area contributed by atoms with Crippen LogP contribution in [0.4, 0.5) is 0 Å². The number of benzene rings is 4. The third-order valence-corrected chi connectivity index (χ3v) is 10.2. The normalized spacial score (nSPS) is 10.2. The zero-order valence-electron chi connectivity index (χ0n) is 31.1. The van der Waals surface area contributed by atoms with Crippen molar-refractivity contribution in [1.82, 2.24) is 0 Å². The summed E-state index contributed by atoms with van der Waals surface area (Å²) >= 11 is 5.62. The molecular formula is C46H54O8S2. The predicted octanol–water partition coefficient (Wildman–Crippen LogP) is 10.6. The highest BCUT2D eigenvalue weighted by Crippen LogP contribution is 2.28. The smallest absolute Gasteiger partial charge is 0.305 e. The number of carbonyl (C=O) groups is 2. The fraction of sp³-hybridized carbons (Fsp3) is 0.304. The molecule has 0 saturated heterocycles. The lowest BCUT2D eigenvalue weighted by atomic mass is 10.1. The summed E-state index contributed by atoms with van der Waals surface area (Å²) in [5.74, 6) is 0.822. The van der Waals surface area contributed by atoms with Crippen molar-refractivity contribution in [1.29, 1.82) is 0 Å². The lowest BCUT2D eigenvalue weighted by Crippen LogP contribution is -2.06. The number of para-hydroxylation sites is 2. The third-order valence-electron chi connectivity index (χ3n) is 8.65. The van der Waals surface area contributed by atoms with Gasteiger partial charge in [0.1, 0.15) is 16.9 Å². The van der Waals surface area contributed by atoms with Crippen molar-refractivity contribution >= 4 is 58.1 Å². The average Bonchev–Trinajstić information content (AvgIpc) is 3.19. The van der Waals surface area contributed by atoms with Gasteiger partial charge in [-0.25, -0.2) is 0 Å². The molecule has 0 saturated carbocycles. The molecule has 0 amide bonds. The van der Waals surface area contributed by atoms with Gasteiger partial charge in [-0.1, -0.05) is 99.4 Å². The van der Waals surface area contributed by atoms with E-state index in [1.165, 1.54) is 23.8 Å². The number of fused-ring (bicyclic) bond motifs is 2. The molecule has 10 heteroatoms. The van der Waals surface area contributed by atoms with Crippen molar-refractivity contribution in [3.8, 4) is 0 Å². The van der Waals surface area contributed by atoms with E-state index in [-0.39, 0.29) is 44.1 Å². The fourth-order valence-corrected chi connectivity index (χ4v) is 6.57. The van der Waals surface area contributed by atoms with Crippen molar-refractivity contribution in [2.45, 2.75) is 96.7 Å². The monoisotopic (exact) mass is 798 g/mol. The van der Waals surface area contributed by atoms with Crippen molar-refractivity contribution in [2.24, 2.45) is 0 Å². The molecule has 2 aromatic heterocycles. The molecular weight excluding hydrogens is 745 g/mol. The highest BCUT2D eigenvalue weighted by atomic mass is 32.2. The Balaban J connectivity index is 0.000000309. The van der Waals surface area contributed by atoms with Crippen LogP contribution < -0.4 is 10.9 Å². The Hall–Kier alpha value is -4.90. The Morgan fingerprint density at radius 1 is 0.679 bits per heavy atom. The maximum atomic E-state index is 12.5. The SMILES string of the molecule is C.C.CC(=O)CCCc1ccc(CSc2oc3ccccc3c(=O)c2C)cc1.COC(=O)CCCc1ccc(CO)cc1.Cc1c(S)oc2ccccc2c1=O. The number of methoxy groups -OCH3 is 1. The van der Waals surface area contributed by atoms with Gasteiger partial charge >= 0.3 is 5.97 Å². The first-order valence-corrected chi connectivity index (χ1v) is 19.1. The van der Waals surface area contributed by atoms with Crippen LogP contribution in [0.2, 0.25) is 0 Å². The van der Waals surface area contributed by atoms with Crippen LogP contribution in [0.1, 0.15) is 80.8 Å². The van der Waals surface area contributed by atoms with E-state index in [1.54, 1.807) is 43.8 Å². The fourth-order valence-electron chi connectivity index (χ4n) is 5.42. The average molecular weight is 799 g/mol. The van der Waals surface area contributed by atoms with Gasteiger partial charge < -0.3 is 23.5 Å². The number of ketones is 1. The second kappa shape index (κ2) is 23.9. The molecule has 0 unspecified atom stereocenters. The molecule has 4 aromatic carbocycles. The van der Waals surface area contributed by atoms with Crippen molar-refractivity contribution in [3.63, 3.8) is 0 Å². The lowest BCUT2D eigenvalue weighted by Gasteiger charge is -2.07. The van der Waals surface area contributed by atoms with E-state index in [0.29, 0.717) is 56.1 Å². The van der Waals surface area contributed by atoms with E-state index < -0.39 is 0 Å². The quantitative estimate of drug-likeness (QED) is 0.0707. The highest BCUT2D eigenvalue weighted by molar-refractivity contribution is 7.98. The molecule has 0 aliphatic carbocycles. The maximum absolute atomic E-state index is 12.5. The van der Waals surface area contributed by atoms with Crippen LogP contribution in [0.25, 0.3) is 21.9 Å². The molecule has 298 valence electrons. The summed E-state index contributed by atoms with van der Waals surface area (Å²) < 4.78 is 15.8. The van der Waals surface area contributed by atoms with Gasteiger partial charge in [0.05, 0.1) is 24.5 Å². The molecule has 8 nitrogen and oxygen atoms in total. The number of aliphatic hydroxyl groups is 1. The second-order valence-corrected chi connectivity index (χ2v) is 14.1. The lowest BCUT2D eigenvalue weighted by molar-refractivity contribution is -0.140. The van der Waals surface area contributed by atoms with Crippen LogP contribution in [0.5, 0.6) is 0 Å². The molecule has 0 radical (unpaired) electrons. The molecule has 1 N–H and O–H groups in total. The minimum absolute atomic E-state index is 0. The molecule has 6 rings (SSSR count). The van der Waals surface area contributed by atoms with Crippen LogP contribution in [0.3, 0.4) is 0 Å². The molecule has 0 aliphatic heterocycles. The number of esters is 1. The summed E-state index contributed by atoms with van der Waals surface area (Å²) in [5, 5.41) is 11.2. The van der Waals surface area contributed by atoms with Crippen molar-refractivity contribution < 1.29 is 28.3 Å². The Bertz CT molecular complexity index is 2270. The predicted molar refractivity (Wildman–Crippen MR) is 232 cm³/mol. The van der Waals surface area contributed by atoms with E-state index in [1.807, 2.05) is 61.5 Å². The third kappa shape index (κ3) is 14.0. The van der Waals surface area contributed by atoms with Gasteiger partial charge in [-0.3, -0.25) is 14.4 Å². The van der Waals surface area contributed by atoms with Crippen LogP contribution in [-0.4, -0.2) is 24.0 Å². The second-order valence-electron chi connectivity index (χ2n) is 12.8. The van der Waals surface area contributed by atoms with E-state index in [2.05, 4.69) is 41.6 Å². The first-order chi connectivity index (χ1) is 26.0. The number of aliphatic hydroxyl groups excluding tert-OH is 1. The van der Waals surface area contributed by atoms with Crippen LogP contribution in [-0.2, 0) is 39.5 Å². The minimum Gasteiger partial charge on any atom is -0.469 e. The minimum atomic E-state index is -0.165. The Labute approximate surface area is 339 Å². The number of Topliss-reactive ketones (excluding diaryl/α,β-unsaturated/α-hetero) is 1. The summed E-state index contributed by atoms with van der Waals surface area (Å²) in [5.41, 5.74) is 6.98. The summed E-state index contributed by atoms with van der Waals surface area (Å²) in [6.07, 6.45) is 4.57. The number of hydrogen-bond donors (Lipinski definition) is 2. The standard InChI is InChI=1S/C22H22O3S.C12H16O3.C10H8O2S.2CH4/c1-15(23)6-5-7-17-10-12-18(13-11-17)14-26-22-16(2)21(24)19-8-3-4-9-20(19)25-22;1-15-12(14)4-2-3-10-5-7-11(9-13)8-6-10;1-6-9(11)7-4-2-3-5-8(7)12-10(6)13;;/h3-4,8-13H,5-7,14H2,1-2H3;5-8,13H,2-4,9H2,1H3;2-5,13H,1H3;2*1H4. The van der Waals surface area contributed by atoms with E-state index in [9.17, 15) is 19.2 Å². The highest BCUT2D eigenvalue weighted by Gasteiger charge is 2.11. The number of carbonyl (C=O) groups excluding carboxylic acids is 2. The molecule has 0 spiro atoms. The topological polar surface area (TPSA) is 124 Å². The Morgan fingerprint density at radius 2 is 1.14 bits per heavy atom. The molecule has 2 heterocycles. The van der Waals surface area contributed by atoms with E-state index in [0.717, 1.165) is 37.0 Å². The molecule has 0 fully saturated rings. The first-order valence-electron chi connectivity index (χ1n) is 17.7. The first kappa shape index (κ1) is 47.3. The van der Waals surface area contributed by atoms with Gasteiger partial charge in [0.25, 0.3) is 0 Å². The van der Waals surface area contributed by atoms with Crippen LogP contribution in [0, 0.1) is 13.8 Å².